The van der Waals surface area contributed by atoms with Gasteiger partial charge in [0, 0.05) is 12.2 Å². The van der Waals surface area contributed by atoms with Gasteiger partial charge in [-0.1, -0.05) is 12.1 Å². The van der Waals surface area contributed by atoms with E-state index < -0.39 is 23.5 Å². The van der Waals surface area contributed by atoms with E-state index in [9.17, 15) is 27.3 Å². The zero-order valence-electron chi connectivity index (χ0n) is 19.2. The monoisotopic (exact) mass is 522 g/mol. The van der Waals surface area contributed by atoms with E-state index >= 15 is 0 Å². The molecule has 1 unspecified atom stereocenters. The summed E-state index contributed by atoms with van der Waals surface area (Å²) >= 11 is 0. The van der Waals surface area contributed by atoms with Crippen LogP contribution in [-0.2, 0) is 30.5 Å². The Kier molecular flexibility index (Phi) is 6.48. The van der Waals surface area contributed by atoms with Crippen LogP contribution in [0.2, 0.25) is 0 Å². The molecule has 0 radical (unpaired) electrons. The molecule has 0 aromatic heterocycles. The second-order valence-corrected chi connectivity index (χ2v) is 11.9. The third kappa shape index (κ3) is 5.09. The van der Waals surface area contributed by atoms with E-state index in [1.807, 2.05) is 0 Å². The van der Waals surface area contributed by atoms with E-state index in [2.05, 4.69) is 14.8 Å². The van der Waals surface area contributed by atoms with Crippen molar-refractivity contribution in [1.29, 1.82) is 0 Å². The maximum absolute atomic E-state index is 13.7. The van der Waals surface area contributed by atoms with Crippen molar-refractivity contribution < 1.29 is 31.8 Å². The Labute approximate surface area is 202 Å². The quantitative estimate of drug-likeness (QED) is 0.476. The summed E-state index contributed by atoms with van der Waals surface area (Å²) in [5.41, 5.74) is 1.44. The van der Waals surface area contributed by atoms with Crippen LogP contribution in [0.3, 0.4) is 0 Å². The molecule has 13 heteroatoms. The first-order valence-electron chi connectivity index (χ1n) is 10.6. The summed E-state index contributed by atoms with van der Waals surface area (Å²) in [6.07, 6.45) is 0.989. The van der Waals surface area contributed by atoms with Gasteiger partial charge in [0.2, 0.25) is 10.0 Å². The molecule has 186 valence electrons. The van der Waals surface area contributed by atoms with Gasteiger partial charge >= 0.3 is 7.52 Å². The number of aliphatic hydroxyl groups is 1. The van der Waals surface area contributed by atoms with E-state index in [0.29, 0.717) is 16.8 Å². The maximum Gasteiger partial charge on any atom is 0.348 e. The standard InChI is InChI=1S/C22H24FN4O6PS/c1-4-33-34(30)19-10-15(26-35(3,31)32)6-8-17(19)24-21(25-34)20-18(28)12-27(22(20)29)11-14-5-7-16(23)13(2)9-14/h5-10,26,28H,4,11-12H2,1-3H3,(H,24,25,30). The molecule has 4 rings (SSSR count). The summed E-state index contributed by atoms with van der Waals surface area (Å²) in [7, 11) is -7.50. The van der Waals surface area contributed by atoms with E-state index in [1.54, 1.807) is 26.0 Å². The lowest BCUT2D eigenvalue weighted by atomic mass is 10.1. The lowest BCUT2D eigenvalue weighted by Crippen LogP contribution is -2.33. The molecule has 0 bridgehead atoms. The first-order valence-corrected chi connectivity index (χ1v) is 14.1. The number of amides is 1. The van der Waals surface area contributed by atoms with Crippen LogP contribution in [0.4, 0.5) is 15.8 Å². The fourth-order valence-corrected chi connectivity index (χ4v) is 6.24. The number of fused-ring (bicyclic) bond motifs is 1. The highest BCUT2D eigenvalue weighted by molar-refractivity contribution is 7.92. The minimum atomic E-state index is -3.92. The second-order valence-electron chi connectivity index (χ2n) is 8.18. The third-order valence-electron chi connectivity index (χ3n) is 5.36. The van der Waals surface area contributed by atoms with Gasteiger partial charge < -0.3 is 19.8 Å². The minimum absolute atomic E-state index is 0.0340. The molecule has 3 N–H and O–H groups in total. The molecular formula is C22H24FN4O6PS. The Morgan fingerprint density at radius 2 is 2.03 bits per heavy atom. The topological polar surface area (TPSA) is 137 Å². The summed E-state index contributed by atoms with van der Waals surface area (Å²) in [4.78, 5) is 14.5. The lowest BCUT2D eigenvalue weighted by Gasteiger charge is -2.25. The number of nitrogens with one attached hydrogen (secondary N) is 2. The average molecular weight is 522 g/mol. The van der Waals surface area contributed by atoms with Gasteiger partial charge in [-0.25, -0.2) is 12.8 Å². The van der Waals surface area contributed by atoms with Gasteiger partial charge in [0.25, 0.3) is 5.91 Å². The van der Waals surface area contributed by atoms with Crippen molar-refractivity contribution in [2.24, 2.45) is 4.76 Å². The van der Waals surface area contributed by atoms with Crippen LogP contribution in [-0.4, -0.2) is 49.6 Å². The molecule has 0 saturated heterocycles. The number of amidine groups is 1. The molecule has 0 fully saturated rings. The maximum atomic E-state index is 13.7. The Hall–Kier alpha value is -3.21. The number of carbonyl (C=O) groups is 1. The SMILES string of the molecule is CCOP1(=O)N=C(C2=C(O)CN(Cc3ccc(F)c(C)c3)C2=O)Nc2ccc(NS(C)(=O)=O)cc21. The van der Waals surface area contributed by atoms with Gasteiger partial charge in [-0.2, -0.15) is 4.76 Å². The molecule has 1 atom stereocenters. The van der Waals surface area contributed by atoms with Crippen LogP contribution in [0.1, 0.15) is 18.1 Å². The molecule has 0 aliphatic carbocycles. The molecule has 0 saturated carbocycles. The van der Waals surface area contributed by atoms with Crippen LogP contribution in [0.5, 0.6) is 0 Å². The van der Waals surface area contributed by atoms with Gasteiger partial charge in [-0.05, 0) is 49.2 Å². The van der Waals surface area contributed by atoms with Crippen molar-refractivity contribution in [3.63, 3.8) is 0 Å². The summed E-state index contributed by atoms with van der Waals surface area (Å²) in [6, 6.07) is 8.79. The molecule has 35 heavy (non-hydrogen) atoms. The minimum Gasteiger partial charge on any atom is -0.509 e. The van der Waals surface area contributed by atoms with E-state index in [0.717, 1.165) is 6.26 Å². The number of carbonyl (C=O) groups excluding carboxylic acids is 1. The van der Waals surface area contributed by atoms with Crippen LogP contribution in [0.25, 0.3) is 0 Å². The smallest absolute Gasteiger partial charge is 0.348 e. The van der Waals surface area contributed by atoms with Gasteiger partial charge in [-0.3, -0.25) is 14.1 Å². The number of nitrogens with zero attached hydrogens (tertiary/aromatic N) is 2. The Bertz CT molecular complexity index is 1440. The van der Waals surface area contributed by atoms with Crippen molar-refractivity contribution in [2.75, 3.05) is 29.4 Å². The third-order valence-corrected chi connectivity index (χ3v) is 8.01. The van der Waals surface area contributed by atoms with Crippen molar-refractivity contribution in [3.05, 3.63) is 64.7 Å². The molecule has 2 aliphatic heterocycles. The number of aliphatic hydroxyl groups excluding tert-OH is 1. The summed E-state index contributed by atoms with van der Waals surface area (Å²) < 4.78 is 62.5. The molecule has 2 aromatic rings. The number of aryl methyl sites for hydroxylation is 1. The Morgan fingerprint density at radius 3 is 2.69 bits per heavy atom. The van der Waals surface area contributed by atoms with Crippen molar-refractivity contribution >= 4 is 46.0 Å². The number of hydrogen-bond acceptors (Lipinski definition) is 7. The van der Waals surface area contributed by atoms with Crippen molar-refractivity contribution in [2.45, 2.75) is 20.4 Å². The fraction of sp³-hybridized carbons (Fsp3) is 0.273. The van der Waals surface area contributed by atoms with Crippen molar-refractivity contribution in [1.82, 2.24) is 4.90 Å². The largest absolute Gasteiger partial charge is 0.509 e. The Morgan fingerprint density at radius 1 is 1.29 bits per heavy atom. The van der Waals surface area contributed by atoms with Gasteiger partial charge in [0.15, 0.2) is 5.84 Å². The lowest BCUT2D eigenvalue weighted by molar-refractivity contribution is -0.125. The predicted octanol–water partition coefficient (Wildman–Crippen LogP) is 3.04. The van der Waals surface area contributed by atoms with Crippen LogP contribution < -0.4 is 15.3 Å². The molecule has 10 nitrogen and oxygen atoms in total. The number of halogens is 1. The molecule has 2 aliphatic rings. The van der Waals surface area contributed by atoms with Crippen LogP contribution in [0, 0.1) is 12.7 Å². The van der Waals surface area contributed by atoms with E-state index in [4.69, 9.17) is 4.52 Å². The molecule has 1 amide bonds. The van der Waals surface area contributed by atoms with Crippen LogP contribution >= 0.6 is 7.52 Å². The van der Waals surface area contributed by atoms with Gasteiger partial charge in [0.1, 0.15) is 17.1 Å². The van der Waals surface area contributed by atoms with E-state index in [-0.39, 0.29) is 53.7 Å². The zero-order chi connectivity index (χ0) is 25.5. The zero-order valence-corrected chi connectivity index (χ0v) is 20.9. The molecule has 2 aromatic carbocycles. The number of benzene rings is 2. The predicted molar refractivity (Wildman–Crippen MR) is 131 cm³/mol. The Balaban J connectivity index is 1.66. The molecule has 2 heterocycles. The highest BCUT2D eigenvalue weighted by atomic mass is 32.2. The molecule has 0 spiro atoms. The van der Waals surface area contributed by atoms with Gasteiger partial charge in [0.05, 0.1) is 30.4 Å². The summed E-state index contributed by atoms with van der Waals surface area (Å²) in [5, 5.41) is 13.6. The van der Waals surface area contributed by atoms with Crippen LogP contribution in [0.15, 0.2) is 52.5 Å². The highest BCUT2D eigenvalue weighted by Crippen LogP contribution is 2.52. The fourth-order valence-electron chi connectivity index (χ4n) is 3.88. The number of rotatable bonds is 7. The summed E-state index contributed by atoms with van der Waals surface area (Å²) in [6.45, 7) is 3.30. The number of sulfonamides is 1. The van der Waals surface area contributed by atoms with Crippen molar-refractivity contribution in [3.8, 4) is 0 Å². The second kappa shape index (κ2) is 9.10. The number of hydrogen-bond donors (Lipinski definition) is 3. The average Bonchev–Trinajstić information content (AvgIpc) is 3.03. The molecular weight excluding hydrogens is 498 g/mol. The highest BCUT2D eigenvalue weighted by Gasteiger charge is 2.40. The first-order chi connectivity index (χ1) is 16.4. The number of anilines is 2. The summed E-state index contributed by atoms with van der Waals surface area (Å²) in [5.74, 6) is -1.28. The van der Waals surface area contributed by atoms with Gasteiger partial charge in [-0.15, -0.1) is 0 Å². The van der Waals surface area contributed by atoms with E-state index in [1.165, 1.54) is 29.2 Å². The normalized spacial score (nSPS) is 19.9. The first kappa shape index (κ1) is 24.9.